The molecule has 0 atom stereocenters. The van der Waals surface area contributed by atoms with E-state index in [0.717, 1.165) is 56.3 Å². The molecule has 1 aliphatic rings. The van der Waals surface area contributed by atoms with Crippen molar-refractivity contribution in [2.24, 2.45) is 11.5 Å². The Kier molecular flexibility index (Phi) is 14.5. The van der Waals surface area contributed by atoms with Gasteiger partial charge in [-0.25, -0.2) is 15.0 Å². The molecule has 0 radical (unpaired) electrons. The average molecular weight is 920 g/mol. The number of nitrogens with two attached hydrogens (primary N) is 2. The molecular formula is C46H57N13O6S. The van der Waals surface area contributed by atoms with Crippen molar-refractivity contribution < 1.29 is 28.7 Å². The number of methoxy groups -OCH3 is 1. The second kappa shape index (κ2) is 20.4. The Morgan fingerprint density at radius 2 is 1.41 bits per heavy atom. The molecule has 348 valence electrons. The van der Waals surface area contributed by atoms with E-state index in [1.54, 1.807) is 38.1 Å². The Bertz CT molecular complexity index is 2840. The summed E-state index contributed by atoms with van der Waals surface area (Å²) in [5, 5.41) is 11.1. The van der Waals surface area contributed by atoms with E-state index in [4.69, 9.17) is 30.9 Å². The van der Waals surface area contributed by atoms with E-state index >= 15 is 0 Å². The number of hydrogen-bond acceptors (Lipinski definition) is 13. The summed E-state index contributed by atoms with van der Waals surface area (Å²) < 4.78 is 17.4. The van der Waals surface area contributed by atoms with Gasteiger partial charge in [0.15, 0.2) is 0 Å². The number of allylic oxidation sites excluding steroid dienone is 3. The molecule has 1 fully saturated rings. The highest BCUT2D eigenvalue weighted by Gasteiger charge is 2.25. The first-order chi connectivity index (χ1) is 31.7. The van der Waals surface area contributed by atoms with Crippen molar-refractivity contribution in [2.45, 2.75) is 73.5 Å². The van der Waals surface area contributed by atoms with Gasteiger partial charge in [0.05, 0.1) is 41.1 Å². The monoisotopic (exact) mass is 919 g/mol. The molecule has 0 aliphatic carbocycles. The van der Waals surface area contributed by atoms with Crippen LogP contribution in [0.3, 0.4) is 0 Å². The summed E-state index contributed by atoms with van der Waals surface area (Å²) in [5.41, 5.74) is 16.6. The van der Waals surface area contributed by atoms with E-state index in [9.17, 15) is 19.2 Å². The van der Waals surface area contributed by atoms with Crippen LogP contribution in [0.1, 0.15) is 90.9 Å². The third kappa shape index (κ3) is 10.1. The van der Waals surface area contributed by atoms with Gasteiger partial charge in [-0.15, -0.1) is 11.3 Å². The maximum Gasteiger partial charge on any atom is 0.276 e. The van der Waals surface area contributed by atoms with E-state index in [2.05, 4.69) is 44.0 Å². The molecule has 0 saturated carbocycles. The fraction of sp³-hybridized carbons (Fsp3) is 0.391. The molecule has 0 bridgehead atoms. The lowest BCUT2D eigenvalue weighted by atomic mass is 10.1. The molecule has 20 heteroatoms. The standard InChI is InChI=1S/C46H57N13O6S/c1-8-28(5)56-19-17-55(18-20-56)14-13-21-65-37-26-31(42(48)61)24-34-39(37)58(45(51-34)52-43(62)35-22-27(4)54-59(35)10-3)16-12-11-15-57-38-33(23-30(41(47)60)25-36(38)64-7)50-46(57)53-44(63)40-32(9-2)49-29(6)66-40/h11-12,22-26H,5,8-10,13-21H2,1-4,6-7H3,(H2,47,60)(H2,48,61)(H,50,53,63)(H,51,52,62)/b12-11+. The third-order valence-electron chi connectivity index (χ3n) is 11.5. The highest BCUT2D eigenvalue weighted by molar-refractivity contribution is 7.13. The summed E-state index contributed by atoms with van der Waals surface area (Å²) >= 11 is 1.29. The minimum absolute atomic E-state index is 0.176. The number of nitrogens with one attached hydrogen (secondary N) is 2. The highest BCUT2D eigenvalue weighted by Crippen LogP contribution is 2.33. The topological polar surface area (TPSA) is 236 Å². The van der Waals surface area contributed by atoms with Gasteiger partial charge in [0.25, 0.3) is 11.8 Å². The zero-order valence-corrected chi connectivity index (χ0v) is 39.1. The van der Waals surface area contributed by atoms with Crippen LogP contribution in [0.4, 0.5) is 11.9 Å². The Hall–Kier alpha value is -7.06. The number of benzene rings is 2. The molecule has 1 aliphatic heterocycles. The Morgan fingerprint density at radius 3 is 1.97 bits per heavy atom. The number of hydrogen-bond donors (Lipinski definition) is 4. The summed E-state index contributed by atoms with van der Waals surface area (Å²) in [7, 11) is 1.47. The van der Waals surface area contributed by atoms with E-state index in [1.165, 1.54) is 24.5 Å². The van der Waals surface area contributed by atoms with E-state index in [-0.39, 0.29) is 42.0 Å². The summed E-state index contributed by atoms with van der Waals surface area (Å²) in [4.78, 5) is 71.8. The summed E-state index contributed by atoms with van der Waals surface area (Å²) in [6.07, 6.45) is 5.96. The van der Waals surface area contributed by atoms with Gasteiger partial charge < -0.3 is 35.0 Å². The zero-order chi connectivity index (χ0) is 47.2. The number of ether oxygens (including phenoxy) is 2. The summed E-state index contributed by atoms with van der Waals surface area (Å²) in [6, 6.07) is 7.98. The van der Waals surface area contributed by atoms with Gasteiger partial charge in [-0.3, -0.25) is 39.4 Å². The predicted octanol–water partition coefficient (Wildman–Crippen LogP) is 5.52. The van der Waals surface area contributed by atoms with E-state index in [0.29, 0.717) is 75.1 Å². The number of imidazole rings is 2. The number of aromatic nitrogens is 7. The number of nitrogens with zero attached hydrogens (tertiary/aromatic N) is 9. The lowest BCUT2D eigenvalue weighted by molar-refractivity contribution is 0.0991. The van der Waals surface area contributed by atoms with Crippen molar-refractivity contribution in [1.29, 1.82) is 0 Å². The molecule has 7 rings (SSSR count). The maximum atomic E-state index is 13.9. The van der Waals surface area contributed by atoms with Crippen LogP contribution >= 0.6 is 11.3 Å². The Morgan fingerprint density at radius 1 is 0.818 bits per heavy atom. The first-order valence-corrected chi connectivity index (χ1v) is 22.8. The van der Waals surface area contributed by atoms with Crippen molar-refractivity contribution >= 4 is 68.9 Å². The number of piperazine rings is 1. The number of primary amides is 2. The lowest BCUT2D eigenvalue weighted by Crippen LogP contribution is -2.45. The second-order valence-electron chi connectivity index (χ2n) is 15.9. The van der Waals surface area contributed by atoms with Crippen molar-refractivity contribution in [3.05, 3.63) is 92.9 Å². The number of carbonyl (C=O) groups is 4. The Labute approximate surface area is 386 Å². The maximum absolute atomic E-state index is 13.9. The van der Waals surface area contributed by atoms with Crippen LogP contribution < -0.4 is 31.6 Å². The van der Waals surface area contributed by atoms with E-state index in [1.807, 2.05) is 39.8 Å². The van der Waals surface area contributed by atoms with Gasteiger partial charge >= 0.3 is 0 Å². The largest absolute Gasteiger partial charge is 0.494 e. The van der Waals surface area contributed by atoms with Gasteiger partial charge in [0, 0.05) is 69.2 Å². The van der Waals surface area contributed by atoms with Crippen molar-refractivity contribution in [2.75, 3.05) is 57.1 Å². The molecule has 0 unspecified atom stereocenters. The average Bonchev–Trinajstić information content (AvgIpc) is 4.07. The summed E-state index contributed by atoms with van der Waals surface area (Å²) in [5.74, 6) is -0.991. The summed E-state index contributed by atoms with van der Waals surface area (Å²) in [6.45, 7) is 19.5. The molecule has 5 heterocycles. The minimum Gasteiger partial charge on any atom is -0.494 e. The number of aryl methyl sites for hydroxylation is 4. The molecular weight excluding hydrogens is 863 g/mol. The van der Waals surface area contributed by atoms with Crippen LogP contribution in [0.25, 0.3) is 22.1 Å². The molecule has 6 aromatic rings. The van der Waals surface area contributed by atoms with Gasteiger partial charge in [0.1, 0.15) is 33.1 Å². The molecule has 4 amide bonds. The minimum atomic E-state index is -0.660. The molecule has 6 N–H and O–H groups in total. The smallest absolute Gasteiger partial charge is 0.276 e. The van der Waals surface area contributed by atoms with Crippen LogP contribution in [0.15, 0.2) is 54.8 Å². The van der Waals surface area contributed by atoms with Crippen LogP contribution in [0.2, 0.25) is 0 Å². The number of amides is 4. The number of rotatable bonds is 20. The molecule has 0 spiro atoms. The van der Waals surface area contributed by atoms with Gasteiger partial charge in [-0.1, -0.05) is 32.6 Å². The zero-order valence-electron chi connectivity index (χ0n) is 38.3. The molecule has 2 aromatic carbocycles. The van der Waals surface area contributed by atoms with Crippen LogP contribution in [-0.4, -0.2) is 114 Å². The Balaban J connectivity index is 1.22. The van der Waals surface area contributed by atoms with Gasteiger partial charge in [-0.2, -0.15) is 5.10 Å². The van der Waals surface area contributed by atoms with Gasteiger partial charge in [-0.05, 0) is 70.4 Å². The van der Waals surface area contributed by atoms with Crippen LogP contribution in [-0.2, 0) is 26.1 Å². The first kappa shape index (κ1) is 46.9. The SMILES string of the molecule is C=C(CC)N1CCN(CCCOc2cc(C(N)=O)cc3nc(NC(=O)c4cc(C)nn4CC)n(C/C=C/Cn4c(NC(=O)c5sc(C)nc5CC)nc5cc(C(N)=O)cc(OC)c54)c23)CC1. The third-order valence-corrected chi connectivity index (χ3v) is 12.5. The highest BCUT2D eigenvalue weighted by atomic mass is 32.1. The quantitative estimate of drug-likeness (QED) is 0.0548. The van der Waals surface area contributed by atoms with Crippen LogP contribution in [0, 0.1) is 13.8 Å². The number of carbonyl (C=O) groups excluding carboxylic acids is 4. The van der Waals surface area contributed by atoms with Crippen molar-refractivity contribution in [1.82, 2.24) is 43.7 Å². The number of thiazole rings is 1. The second-order valence-corrected chi connectivity index (χ2v) is 17.1. The predicted molar refractivity (Wildman–Crippen MR) is 255 cm³/mol. The van der Waals surface area contributed by atoms with Crippen molar-refractivity contribution in [3.8, 4) is 11.5 Å². The number of anilines is 2. The number of fused-ring (bicyclic) bond motifs is 2. The fourth-order valence-corrected chi connectivity index (χ4v) is 8.98. The van der Waals surface area contributed by atoms with Gasteiger partial charge in [0.2, 0.25) is 23.7 Å². The van der Waals surface area contributed by atoms with E-state index < -0.39 is 17.7 Å². The normalized spacial score (nSPS) is 13.2. The molecule has 4 aromatic heterocycles. The molecule has 1 saturated heterocycles. The fourth-order valence-electron chi connectivity index (χ4n) is 8.08. The molecule has 66 heavy (non-hydrogen) atoms. The van der Waals surface area contributed by atoms with Crippen LogP contribution in [0.5, 0.6) is 11.5 Å². The van der Waals surface area contributed by atoms with Crippen molar-refractivity contribution in [3.63, 3.8) is 0 Å². The molecule has 19 nitrogen and oxygen atoms in total. The first-order valence-electron chi connectivity index (χ1n) is 22.0. The lowest BCUT2D eigenvalue weighted by Gasteiger charge is -2.36.